The number of nitrogens with one attached hydrogen (secondary N) is 2. The molecule has 0 unspecified atom stereocenters. The smallest absolute Gasteiger partial charge is 0.279 e. The Hall–Kier alpha value is -0.170. The van der Waals surface area contributed by atoms with E-state index >= 15 is 0 Å². The van der Waals surface area contributed by atoms with Gasteiger partial charge >= 0.3 is 0 Å². The fourth-order valence-electron chi connectivity index (χ4n) is 1.96. The highest BCUT2D eigenvalue weighted by Crippen LogP contribution is 2.17. The first-order valence-corrected chi connectivity index (χ1v) is 6.11. The van der Waals surface area contributed by atoms with E-state index in [1.165, 1.54) is 0 Å². The summed E-state index contributed by atoms with van der Waals surface area (Å²) >= 11 is 0. The van der Waals surface area contributed by atoms with Crippen molar-refractivity contribution in [2.24, 2.45) is 0 Å². The van der Waals surface area contributed by atoms with Crippen LogP contribution in [0, 0.1) is 0 Å². The second kappa shape index (κ2) is 3.53. The van der Waals surface area contributed by atoms with Gasteiger partial charge in [-0.05, 0) is 25.9 Å². The maximum atomic E-state index is 11.5. The van der Waals surface area contributed by atoms with Crippen LogP contribution in [0.1, 0.15) is 12.8 Å². The molecule has 13 heavy (non-hydrogen) atoms. The van der Waals surface area contributed by atoms with Gasteiger partial charge in [0, 0.05) is 19.1 Å². The number of hydrogen-bond donors (Lipinski definition) is 2. The van der Waals surface area contributed by atoms with E-state index in [0.29, 0.717) is 13.1 Å². The molecule has 2 rings (SSSR count). The average molecular weight is 205 g/mol. The zero-order chi connectivity index (χ0) is 9.31. The molecule has 0 aromatic heterocycles. The molecular weight excluding hydrogens is 190 g/mol. The molecule has 2 heterocycles. The van der Waals surface area contributed by atoms with Crippen LogP contribution in [-0.4, -0.2) is 44.9 Å². The Morgan fingerprint density at radius 2 is 1.85 bits per heavy atom. The van der Waals surface area contributed by atoms with E-state index in [2.05, 4.69) is 10.0 Å². The summed E-state index contributed by atoms with van der Waals surface area (Å²) in [5.74, 6) is 0. The van der Waals surface area contributed by atoms with Crippen LogP contribution in [0.25, 0.3) is 0 Å². The Bertz CT molecular complexity index is 271. The number of rotatable bonds is 1. The molecule has 2 fully saturated rings. The summed E-state index contributed by atoms with van der Waals surface area (Å²) < 4.78 is 27.0. The summed E-state index contributed by atoms with van der Waals surface area (Å²) in [5, 5.41) is 3.22. The molecule has 5 nitrogen and oxygen atoms in total. The van der Waals surface area contributed by atoms with E-state index in [0.717, 1.165) is 25.9 Å². The third-order valence-electron chi connectivity index (χ3n) is 2.64. The molecule has 0 aromatic carbocycles. The molecule has 0 aliphatic carbocycles. The van der Waals surface area contributed by atoms with Gasteiger partial charge in [0.25, 0.3) is 10.2 Å². The van der Waals surface area contributed by atoms with Crippen LogP contribution in [0.2, 0.25) is 0 Å². The third kappa shape index (κ3) is 1.85. The average Bonchev–Trinajstić information content (AvgIpc) is 2.47. The van der Waals surface area contributed by atoms with Gasteiger partial charge in [0.1, 0.15) is 0 Å². The van der Waals surface area contributed by atoms with E-state index in [9.17, 15) is 8.42 Å². The summed E-state index contributed by atoms with van der Waals surface area (Å²) in [6.07, 6.45) is 1.86. The molecule has 0 aromatic rings. The third-order valence-corrected chi connectivity index (χ3v) is 4.31. The zero-order valence-corrected chi connectivity index (χ0v) is 8.31. The van der Waals surface area contributed by atoms with Crippen molar-refractivity contribution in [3.8, 4) is 0 Å². The maximum absolute atomic E-state index is 11.5. The van der Waals surface area contributed by atoms with Gasteiger partial charge in [-0.2, -0.15) is 12.7 Å². The first-order chi connectivity index (χ1) is 6.20. The van der Waals surface area contributed by atoms with Gasteiger partial charge in [-0.15, -0.1) is 0 Å². The van der Waals surface area contributed by atoms with Gasteiger partial charge in [-0.3, -0.25) is 0 Å². The second-order valence-electron chi connectivity index (χ2n) is 3.49. The molecular formula is C7H15N3O2S. The molecule has 0 saturated carbocycles. The summed E-state index contributed by atoms with van der Waals surface area (Å²) in [4.78, 5) is 0. The van der Waals surface area contributed by atoms with Crippen molar-refractivity contribution < 1.29 is 8.42 Å². The van der Waals surface area contributed by atoms with Crippen LogP contribution in [0.3, 0.4) is 0 Å². The maximum Gasteiger partial charge on any atom is 0.279 e. The van der Waals surface area contributed by atoms with Gasteiger partial charge in [0.05, 0.1) is 0 Å². The molecule has 2 saturated heterocycles. The fourth-order valence-corrected chi connectivity index (χ4v) is 3.41. The van der Waals surface area contributed by atoms with Crippen molar-refractivity contribution in [3.63, 3.8) is 0 Å². The van der Waals surface area contributed by atoms with Crippen LogP contribution in [0.5, 0.6) is 0 Å². The van der Waals surface area contributed by atoms with E-state index in [4.69, 9.17) is 0 Å². The van der Waals surface area contributed by atoms with Crippen LogP contribution >= 0.6 is 0 Å². The number of piperidine rings is 1. The van der Waals surface area contributed by atoms with Crippen LogP contribution in [0.4, 0.5) is 0 Å². The Labute approximate surface area is 78.7 Å². The Kier molecular flexibility index (Phi) is 2.55. The second-order valence-corrected chi connectivity index (χ2v) is 5.20. The molecule has 0 atom stereocenters. The van der Waals surface area contributed by atoms with E-state index in [1.807, 2.05) is 0 Å². The standard InChI is InChI=1S/C7H15N3O2S/c11-13(12)9-5-6-10(13)7-1-3-8-4-2-7/h7-9H,1-6H2. The Morgan fingerprint density at radius 3 is 2.38 bits per heavy atom. The topological polar surface area (TPSA) is 61.4 Å². The van der Waals surface area contributed by atoms with E-state index in [-0.39, 0.29) is 6.04 Å². The molecule has 6 heteroatoms. The van der Waals surface area contributed by atoms with Gasteiger partial charge in [0.2, 0.25) is 0 Å². The summed E-state index contributed by atoms with van der Waals surface area (Å²) in [5.41, 5.74) is 0. The van der Waals surface area contributed by atoms with Crippen molar-refractivity contribution in [2.75, 3.05) is 26.2 Å². The van der Waals surface area contributed by atoms with Crippen molar-refractivity contribution in [3.05, 3.63) is 0 Å². The van der Waals surface area contributed by atoms with Crippen LogP contribution in [-0.2, 0) is 10.2 Å². The predicted octanol–water partition coefficient (Wildman–Crippen LogP) is -1.11. The van der Waals surface area contributed by atoms with Crippen molar-refractivity contribution in [1.29, 1.82) is 0 Å². The van der Waals surface area contributed by atoms with Crippen molar-refractivity contribution in [2.45, 2.75) is 18.9 Å². The van der Waals surface area contributed by atoms with Gasteiger partial charge in [0.15, 0.2) is 0 Å². The molecule has 0 amide bonds. The lowest BCUT2D eigenvalue weighted by Gasteiger charge is -2.29. The van der Waals surface area contributed by atoms with Crippen molar-refractivity contribution >= 4 is 10.2 Å². The Balaban J connectivity index is 2.07. The molecule has 76 valence electrons. The number of nitrogens with zero attached hydrogens (tertiary/aromatic N) is 1. The minimum atomic E-state index is -3.13. The van der Waals surface area contributed by atoms with E-state index < -0.39 is 10.2 Å². The van der Waals surface area contributed by atoms with E-state index in [1.54, 1.807) is 4.31 Å². The van der Waals surface area contributed by atoms with Crippen molar-refractivity contribution in [1.82, 2.24) is 14.3 Å². The minimum absolute atomic E-state index is 0.209. The Morgan fingerprint density at radius 1 is 1.15 bits per heavy atom. The highest BCUT2D eigenvalue weighted by Gasteiger charge is 2.34. The highest BCUT2D eigenvalue weighted by atomic mass is 32.2. The van der Waals surface area contributed by atoms with Gasteiger partial charge < -0.3 is 5.32 Å². The van der Waals surface area contributed by atoms with Crippen LogP contribution in [0.15, 0.2) is 0 Å². The fraction of sp³-hybridized carbons (Fsp3) is 1.00. The molecule has 0 bridgehead atoms. The predicted molar refractivity (Wildman–Crippen MR) is 49.5 cm³/mol. The minimum Gasteiger partial charge on any atom is -0.317 e. The van der Waals surface area contributed by atoms with Crippen LogP contribution < -0.4 is 10.0 Å². The quantitative estimate of drug-likeness (QED) is 0.570. The largest absolute Gasteiger partial charge is 0.317 e. The summed E-state index contributed by atoms with van der Waals surface area (Å²) in [6.45, 7) is 3.05. The number of hydrogen-bond acceptors (Lipinski definition) is 3. The SMILES string of the molecule is O=S1(=O)NCCN1C1CCNCC1. The summed E-state index contributed by atoms with van der Waals surface area (Å²) in [7, 11) is -3.13. The monoisotopic (exact) mass is 205 g/mol. The molecule has 0 spiro atoms. The lowest BCUT2D eigenvalue weighted by molar-refractivity contribution is 0.280. The molecule has 2 aliphatic heterocycles. The first-order valence-electron chi connectivity index (χ1n) is 4.67. The van der Waals surface area contributed by atoms with Gasteiger partial charge in [-0.25, -0.2) is 4.72 Å². The lowest BCUT2D eigenvalue weighted by atomic mass is 10.1. The molecule has 2 aliphatic rings. The lowest BCUT2D eigenvalue weighted by Crippen LogP contribution is -2.44. The first kappa shape index (κ1) is 9.39. The molecule has 2 N–H and O–H groups in total. The molecule has 0 radical (unpaired) electrons. The normalized spacial score (nSPS) is 30.8. The zero-order valence-electron chi connectivity index (χ0n) is 7.49. The highest BCUT2D eigenvalue weighted by molar-refractivity contribution is 7.87. The van der Waals surface area contributed by atoms with Gasteiger partial charge in [-0.1, -0.05) is 0 Å². The summed E-state index contributed by atoms with van der Waals surface area (Å²) in [6, 6.07) is 0.209.